The Balaban J connectivity index is 2.29. The normalized spacial score (nSPS) is 11.0. The van der Waals surface area contributed by atoms with Gasteiger partial charge in [0.25, 0.3) is 10.0 Å². The van der Waals surface area contributed by atoms with Crippen LogP contribution in [0.4, 0.5) is 11.4 Å². The van der Waals surface area contributed by atoms with E-state index >= 15 is 0 Å². The molecule has 0 saturated carbocycles. The molecule has 0 aliphatic carbocycles. The zero-order valence-corrected chi connectivity index (χ0v) is 13.6. The highest BCUT2D eigenvalue weighted by Crippen LogP contribution is 2.28. The van der Waals surface area contributed by atoms with Crippen molar-refractivity contribution in [3.63, 3.8) is 0 Å². The Morgan fingerprint density at radius 1 is 1.09 bits per heavy atom. The molecule has 0 spiro atoms. The molecule has 0 aliphatic rings. The van der Waals surface area contributed by atoms with Crippen molar-refractivity contribution < 1.29 is 13.2 Å². The first-order valence-corrected chi connectivity index (χ1v) is 8.31. The first-order chi connectivity index (χ1) is 10.3. The standard InChI is InChI=1S/C15H15ClN2O3S/c1-10-4-3-5-14(16)15(10)18-22(20,21)13-8-6-12(7-9-13)17-11(2)19/h3-9,18H,1-2H3,(H,17,19). The number of aryl methyl sites for hydroxylation is 1. The van der Waals surface area contributed by atoms with Gasteiger partial charge < -0.3 is 5.32 Å². The van der Waals surface area contributed by atoms with Crippen molar-refractivity contribution >= 4 is 38.9 Å². The maximum Gasteiger partial charge on any atom is 0.261 e. The molecule has 116 valence electrons. The fourth-order valence-corrected chi connectivity index (χ4v) is 3.35. The van der Waals surface area contributed by atoms with E-state index in [1.807, 2.05) is 0 Å². The second kappa shape index (κ2) is 6.37. The van der Waals surface area contributed by atoms with Gasteiger partial charge >= 0.3 is 0 Å². The Labute approximate surface area is 134 Å². The monoisotopic (exact) mass is 338 g/mol. The van der Waals surface area contributed by atoms with Gasteiger partial charge in [0, 0.05) is 12.6 Å². The molecule has 0 fully saturated rings. The van der Waals surface area contributed by atoms with E-state index in [1.54, 1.807) is 25.1 Å². The van der Waals surface area contributed by atoms with Gasteiger partial charge in [-0.05, 0) is 42.8 Å². The fraction of sp³-hybridized carbons (Fsp3) is 0.133. The minimum atomic E-state index is -3.75. The second-order valence-corrected chi connectivity index (χ2v) is 6.83. The molecule has 0 aliphatic heterocycles. The number of hydrogen-bond donors (Lipinski definition) is 2. The number of para-hydroxylation sites is 1. The lowest BCUT2D eigenvalue weighted by molar-refractivity contribution is -0.114. The Morgan fingerprint density at radius 2 is 1.73 bits per heavy atom. The number of carbonyl (C=O) groups is 1. The third-order valence-electron chi connectivity index (χ3n) is 2.94. The largest absolute Gasteiger partial charge is 0.326 e. The van der Waals surface area contributed by atoms with Crippen molar-refractivity contribution in [2.45, 2.75) is 18.7 Å². The summed E-state index contributed by atoms with van der Waals surface area (Å²) in [7, 11) is -3.75. The van der Waals surface area contributed by atoms with Gasteiger partial charge in [0.05, 0.1) is 15.6 Å². The molecule has 0 atom stereocenters. The molecule has 2 aromatic carbocycles. The lowest BCUT2D eigenvalue weighted by atomic mass is 10.2. The van der Waals surface area contributed by atoms with E-state index in [1.165, 1.54) is 31.2 Å². The average molecular weight is 339 g/mol. The quantitative estimate of drug-likeness (QED) is 0.897. The number of anilines is 2. The van der Waals surface area contributed by atoms with Crippen LogP contribution in [0.1, 0.15) is 12.5 Å². The predicted molar refractivity (Wildman–Crippen MR) is 87.7 cm³/mol. The molecule has 0 bridgehead atoms. The van der Waals surface area contributed by atoms with E-state index in [2.05, 4.69) is 10.0 Å². The average Bonchev–Trinajstić information content (AvgIpc) is 2.43. The molecule has 0 radical (unpaired) electrons. The van der Waals surface area contributed by atoms with E-state index in [0.717, 1.165) is 5.56 Å². The molecule has 0 aromatic heterocycles. The summed E-state index contributed by atoms with van der Waals surface area (Å²) >= 11 is 6.03. The molecular formula is C15H15ClN2O3S. The van der Waals surface area contributed by atoms with Crippen molar-refractivity contribution in [3.05, 3.63) is 53.1 Å². The van der Waals surface area contributed by atoms with Crippen LogP contribution in [0.5, 0.6) is 0 Å². The van der Waals surface area contributed by atoms with Crippen molar-refractivity contribution in [2.75, 3.05) is 10.0 Å². The van der Waals surface area contributed by atoms with E-state index in [-0.39, 0.29) is 10.8 Å². The summed E-state index contributed by atoms with van der Waals surface area (Å²) in [5, 5.41) is 2.91. The van der Waals surface area contributed by atoms with Crippen LogP contribution in [0.15, 0.2) is 47.4 Å². The summed E-state index contributed by atoms with van der Waals surface area (Å²) in [5.41, 5.74) is 1.61. The van der Waals surface area contributed by atoms with Gasteiger partial charge in [-0.2, -0.15) is 0 Å². The summed E-state index contributed by atoms with van der Waals surface area (Å²) in [6, 6.07) is 11.0. The molecule has 5 nitrogen and oxygen atoms in total. The second-order valence-electron chi connectivity index (χ2n) is 4.74. The van der Waals surface area contributed by atoms with Crippen molar-refractivity contribution in [1.29, 1.82) is 0 Å². The number of hydrogen-bond acceptors (Lipinski definition) is 3. The van der Waals surface area contributed by atoms with Gasteiger partial charge in [-0.25, -0.2) is 8.42 Å². The molecule has 2 N–H and O–H groups in total. The molecule has 1 amide bonds. The molecule has 22 heavy (non-hydrogen) atoms. The van der Waals surface area contributed by atoms with Crippen LogP contribution in [-0.2, 0) is 14.8 Å². The summed E-state index contributed by atoms with van der Waals surface area (Å²) < 4.78 is 27.2. The highest BCUT2D eigenvalue weighted by molar-refractivity contribution is 7.92. The molecule has 2 aromatic rings. The lowest BCUT2D eigenvalue weighted by Crippen LogP contribution is -2.14. The number of sulfonamides is 1. The van der Waals surface area contributed by atoms with E-state index < -0.39 is 10.0 Å². The molecular weight excluding hydrogens is 324 g/mol. The summed E-state index contributed by atoms with van der Waals surface area (Å²) in [4.78, 5) is 11.0. The lowest BCUT2D eigenvalue weighted by Gasteiger charge is -2.12. The van der Waals surface area contributed by atoms with Crippen LogP contribution < -0.4 is 10.0 Å². The third-order valence-corrected chi connectivity index (χ3v) is 4.62. The van der Waals surface area contributed by atoms with Gasteiger partial charge in [0.15, 0.2) is 0 Å². The Bertz CT molecular complexity index is 782. The van der Waals surface area contributed by atoms with Crippen molar-refractivity contribution in [3.8, 4) is 0 Å². The Morgan fingerprint density at radius 3 is 2.27 bits per heavy atom. The first-order valence-electron chi connectivity index (χ1n) is 6.45. The van der Waals surface area contributed by atoms with Crippen molar-refractivity contribution in [1.82, 2.24) is 0 Å². The third kappa shape index (κ3) is 3.78. The van der Waals surface area contributed by atoms with E-state index in [9.17, 15) is 13.2 Å². The predicted octanol–water partition coefficient (Wildman–Crippen LogP) is 3.41. The van der Waals surface area contributed by atoms with Gasteiger partial charge in [-0.1, -0.05) is 23.7 Å². The smallest absolute Gasteiger partial charge is 0.261 e. The minimum Gasteiger partial charge on any atom is -0.326 e. The van der Waals surface area contributed by atoms with E-state index in [0.29, 0.717) is 16.4 Å². The van der Waals surface area contributed by atoms with E-state index in [4.69, 9.17) is 11.6 Å². The Kier molecular flexibility index (Phi) is 4.73. The zero-order valence-electron chi connectivity index (χ0n) is 12.1. The summed E-state index contributed by atoms with van der Waals surface area (Å²) in [6.45, 7) is 3.15. The molecule has 0 heterocycles. The van der Waals surface area contributed by atoms with Gasteiger partial charge in [0.2, 0.25) is 5.91 Å². The number of benzene rings is 2. The highest BCUT2D eigenvalue weighted by Gasteiger charge is 2.17. The van der Waals surface area contributed by atoms with Gasteiger partial charge in [0.1, 0.15) is 0 Å². The topological polar surface area (TPSA) is 75.3 Å². The number of halogens is 1. The van der Waals surface area contributed by atoms with Crippen molar-refractivity contribution in [2.24, 2.45) is 0 Å². The van der Waals surface area contributed by atoms with Crippen LogP contribution in [-0.4, -0.2) is 14.3 Å². The van der Waals surface area contributed by atoms with Gasteiger partial charge in [-0.15, -0.1) is 0 Å². The molecule has 0 saturated heterocycles. The first kappa shape index (κ1) is 16.3. The van der Waals surface area contributed by atoms with Crippen LogP contribution >= 0.6 is 11.6 Å². The van der Waals surface area contributed by atoms with Crippen LogP contribution in [0.25, 0.3) is 0 Å². The number of carbonyl (C=O) groups excluding carboxylic acids is 1. The number of rotatable bonds is 4. The zero-order chi connectivity index (χ0) is 16.3. The highest BCUT2D eigenvalue weighted by atomic mass is 35.5. The minimum absolute atomic E-state index is 0.0842. The summed E-state index contributed by atoms with van der Waals surface area (Å²) in [6.07, 6.45) is 0. The maximum absolute atomic E-state index is 12.4. The SMILES string of the molecule is CC(=O)Nc1ccc(S(=O)(=O)Nc2c(C)cccc2Cl)cc1. The molecule has 2 rings (SSSR count). The number of amides is 1. The maximum atomic E-state index is 12.4. The van der Waals surface area contributed by atoms with Gasteiger partial charge in [-0.3, -0.25) is 9.52 Å². The Hall–Kier alpha value is -2.05. The number of nitrogens with one attached hydrogen (secondary N) is 2. The molecule has 7 heteroatoms. The summed E-state index contributed by atoms with van der Waals surface area (Å²) in [5.74, 6) is -0.222. The van der Waals surface area contributed by atoms with Crippen LogP contribution in [0.2, 0.25) is 5.02 Å². The fourth-order valence-electron chi connectivity index (χ4n) is 1.88. The van der Waals surface area contributed by atoms with Crippen LogP contribution in [0.3, 0.4) is 0 Å². The molecule has 0 unspecified atom stereocenters. The van der Waals surface area contributed by atoms with Crippen LogP contribution in [0, 0.1) is 6.92 Å².